The molecule has 7 heteroatoms. The van der Waals surface area contributed by atoms with Gasteiger partial charge in [-0.05, 0) is 25.2 Å². The molecule has 0 aliphatic carbocycles. The molecule has 0 radical (unpaired) electrons. The number of hydrogen-bond acceptors (Lipinski definition) is 6. The normalized spacial score (nSPS) is 16.8. The van der Waals surface area contributed by atoms with Crippen molar-refractivity contribution in [1.82, 2.24) is 24.6 Å². The van der Waals surface area contributed by atoms with Gasteiger partial charge in [-0.3, -0.25) is 9.58 Å². The van der Waals surface area contributed by atoms with Crippen LogP contribution in [0.2, 0.25) is 0 Å². The molecule has 1 aliphatic rings. The Morgan fingerprint density at radius 3 is 2.78 bits per heavy atom. The lowest BCUT2D eigenvalue weighted by atomic mass is 10.2. The smallest absolute Gasteiger partial charge is 0.187 e. The first kappa shape index (κ1) is 16.4. The van der Waals surface area contributed by atoms with Crippen LogP contribution < -0.4 is 0 Å². The van der Waals surface area contributed by atoms with Crippen LogP contribution in [0.5, 0.6) is 0 Å². The van der Waals surface area contributed by atoms with Crippen molar-refractivity contribution in [2.45, 2.75) is 51.2 Å². The van der Waals surface area contributed by atoms with Gasteiger partial charge < -0.3 is 5.11 Å². The summed E-state index contributed by atoms with van der Waals surface area (Å²) >= 11 is 1.66. The second-order valence-electron chi connectivity index (χ2n) is 5.83. The molecular formula is C16H23N5OS. The van der Waals surface area contributed by atoms with E-state index in [0.29, 0.717) is 0 Å². The summed E-state index contributed by atoms with van der Waals surface area (Å²) in [4.78, 5) is 11.2. The molecule has 1 aliphatic heterocycles. The lowest BCUT2D eigenvalue weighted by Gasteiger charge is -2.19. The number of hydrogen-bond donors (Lipinski definition) is 1. The summed E-state index contributed by atoms with van der Waals surface area (Å²) in [5.74, 6) is 0.987. The lowest BCUT2D eigenvalue weighted by molar-refractivity contribution is 0.193. The van der Waals surface area contributed by atoms with Gasteiger partial charge in [-0.2, -0.15) is 5.10 Å². The summed E-state index contributed by atoms with van der Waals surface area (Å²) in [6.07, 6.45) is 4.39. The Morgan fingerprint density at radius 1 is 1.30 bits per heavy atom. The number of aromatic nitrogens is 4. The maximum Gasteiger partial charge on any atom is 0.187 e. The highest BCUT2D eigenvalue weighted by molar-refractivity contribution is 7.99. The minimum absolute atomic E-state index is 0.514. The van der Waals surface area contributed by atoms with Crippen molar-refractivity contribution >= 4 is 11.8 Å². The van der Waals surface area contributed by atoms with Crippen molar-refractivity contribution in [2.75, 3.05) is 12.3 Å². The molecule has 2 aromatic heterocycles. The van der Waals surface area contributed by atoms with Crippen molar-refractivity contribution in [1.29, 1.82) is 0 Å². The molecule has 0 saturated heterocycles. The molecule has 124 valence electrons. The molecule has 1 atom stereocenters. The Bertz CT molecular complexity index is 640. The van der Waals surface area contributed by atoms with Crippen LogP contribution in [0.15, 0.2) is 23.6 Å². The highest BCUT2D eigenvalue weighted by Gasteiger charge is 2.18. The molecule has 0 aromatic carbocycles. The second kappa shape index (κ2) is 7.42. The van der Waals surface area contributed by atoms with Gasteiger partial charge in [0.25, 0.3) is 0 Å². The highest BCUT2D eigenvalue weighted by atomic mass is 32.2. The molecule has 0 saturated carbocycles. The largest absolute Gasteiger partial charge is 0.387 e. The van der Waals surface area contributed by atoms with E-state index in [1.54, 1.807) is 18.7 Å². The van der Waals surface area contributed by atoms with Crippen molar-refractivity contribution in [3.63, 3.8) is 0 Å². The van der Waals surface area contributed by atoms with Crippen LogP contribution in [-0.4, -0.2) is 42.1 Å². The third-order valence-corrected chi connectivity index (χ3v) is 4.66. The predicted octanol–water partition coefficient (Wildman–Crippen LogP) is 2.24. The fraction of sp³-hybridized carbons (Fsp3) is 0.562. The molecule has 0 fully saturated rings. The monoisotopic (exact) mass is 333 g/mol. The Morgan fingerprint density at radius 2 is 2.09 bits per heavy atom. The van der Waals surface area contributed by atoms with Crippen LogP contribution in [0.25, 0.3) is 0 Å². The minimum atomic E-state index is -0.514. The maximum absolute atomic E-state index is 9.71. The summed E-state index contributed by atoms with van der Waals surface area (Å²) < 4.78 is 2.03. The van der Waals surface area contributed by atoms with Gasteiger partial charge in [-0.1, -0.05) is 18.7 Å². The maximum atomic E-state index is 9.71. The Balaban J connectivity index is 1.68. The van der Waals surface area contributed by atoms with Gasteiger partial charge in [0, 0.05) is 44.1 Å². The summed E-state index contributed by atoms with van der Waals surface area (Å²) in [6.45, 7) is 7.47. The third-order valence-electron chi connectivity index (χ3n) is 3.90. The standard InChI is InChI=1S/C16H23N5OS/c1-3-23-16-17-8-13(9-18-16)10-20-5-4-6-21-14(11-20)7-15(19-21)12(2)22/h7-9,12,22H,3-6,10-11H2,1-2H3. The molecule has 0 amide bonds. The van der Waals surface area contributed by atoms with Crippen LogP contribution in [0.4, 0.5) is 0 Å². The molecule has 3 heterocycles. The number of aliphatic hydroxyl groups is 1. The number of thioether (sulfide) groups is 1. The van der Waals surface area contributed by atoms with E-state index < -0.39 is 6.10 Å². The van der Waals surface area contributed by atoms with Gasteiger partial charge in [0.1, 0.15) is 0 Å². The number of aryl methyl sites for hydroxylation is 1. The molecule has 0 spiro atoms. The average molecular weight is 333 g/mol. The van der Waals surface area contributed by atoms with E-state index in [4.69, 9.17) is 0 Å². The zero-order chi connectivity index (χ0) is 16.2. The van der Waals surface area contributed by atoms with E-state index in [0.717, 1.165) is 60.5 Å². The van der Waals surface area contributed by atoms with Crippen LogP contribution in [0.3, 0.4) is 0 Å². The molecule has 0 bridgehead atoms. The van der Waals surface area contributed by atoms with Gasteiger partial charge in [-0.15, -0.1) is 0 Å². The molecule has 6 nitrogen and oxygen atoms in total. The van der Waals surface area contributed by atoms with Crippen molar-refractivity contribution in [3.8, 4) is 0 Å². The number of nitrogens with zero attached hydrogens (tertiary/aromatic N) is 5. The Labute approximate surface area is 140 Å². The van der Waals surface area contributed by atoms with Gasteiger partial charge in [0.2, 0.25) is 0 Å². The Hall–Kier alpha value is -1.44. The first-order valence-corrected chi connectivity index (χ1v) is 9.05. The zero-order valence-electron chi connectivity index (χ0n) is 13.6. The van der Waals surface area contributed by atoms with Crippen LogP contribution in [0, 0.1) is 0 Å². The van der Waals surface area contributed by atoms with Crippen molar-refractivity contribution in [3.05, 3.63) is 35.4 Å². The molecule has 1 N–H and O–H groups in total. The molecule has 2 aromatic rings. The van der Waals surface area contributed by atoms with Gasteiger partial charge in [-0.25, -0.2) is 9.97 Å². The average Bonchev–Trinajstić information content (AvgIpc) is 2.84. The number of aliphatic hydroxyl groups excluding tert-OH is 1. The van der Waals surface area contributed by atoms with Gasteiger partial charge in [0.15, 0.2) is 5.16 Å². The van der Waals surface area contributed by atoms with E-state index in [1.165, 1.54) is 0 Å². The van der Waals surface area contributed by atoms with Crippen molar-refractivity contribution in [2.24, 2.45) is 0 Å². The van der Waals surface area contributed by atoms with Crippen LogP contribution in [0.1, 0.15) is 43.3 Å². The van der Waals surface area contributed by atoms with E-state index >= 15 is 0 Å². The fourth-order valence-electron chi connectivity index (χ4n) is 2.78. The first-order valence-electron chi connectivity index (χ1n) is 8.06. The molecule has 23 heavy (non-hydrogen) atoms. The van der Waals surface area contributed by atoms with Crippen molar-refractivity contribution < 1.29 is 5.11 Å². The van der Waals surface area contributed by atoms with E-state index in [1.807, 2.05) is 23.1 Å². The summed E-state index contributed by atoms with van der Waals surface area (Å²) in [7, 11) is 0. The van der Waals surface area contributed by atoms with Crippen LogP contribution in [-0.2, 0) is 19.6 Å². The van der Waals surface area contributed by atoms with E-state index in [9.17, 15) is 5.11 Å². The third kappa shape index (κ3) is 4.10. The predicted molar refractivity (Wildman–Crippen MR) is 90.0 cm³/mol. The first-order chi connectivity index (χ1) is 11.2. The number of fused-ring (bicyclic) bond motifs is 1. The van der Waals surface area contributed by atoms with E-state index in [2.05, 4.69) is 26.9 Å². The summed E-state index contributed by atoms with van der Waals surface area (Å²) in [6, 6.07) is 2.01. The zero-order valence-corrected chi connectivity index (χ0v) is 14.5. The van der Waals surface area contributed by atoms with Gasteiger partial charge in [0.05, 0.1) is 17.5 Å². The fourth-order valence-corrected chi connectivity index (χ4v) is 3.29. The SMILES string of the molecule is CCSc1ncc(CN2CCCn3nc(C(C)O)cc3C2)cn1. The van der Waals surface area contributed by atoms with Crippen LogP contribution >= 0.6 is 11.8 Å². The summed E-state index contributed by atoms with van der Waals surface area (Å²) in [5.41, 5.74) is 3.05. The molecule has 3 rings (SSSR count). The van der Waals surface area contributed by atoms with E-state index in [-0.39, 0.29) is 0 Å². The Kier molecular flexibility index (Phi) is 5.30. The minimum Gasteiger partial charge on any atom is -0.387 e. The molecule has 1 unspecified atom stereocenters. The molecular weight excluding hydrogens is 310 g/mol. The topological polar surface area (TPSA) is 67.1 Å². The lowest BCUT2D eigenvalue weighted by Crippen LogP contribution is -2.23. The number of rotatable bonds is 5. The van der Waals surface area contributed by atoms with Gasteiger partial charge >= 0.3 is 0 Å². The summed E-state index contributed by atoms with van der Waals surface area (Å²) in [5, 5.41) is 15.0. The highest BCUT2D eigenvalue weighted by Crippen LogP contribution is 2.19. The quantitative estimate of drug-likeness (QED) is 0.669. The second-order valence-corrected chi connectivity index (χ2v) is 7.06.